The molecule has 2 aromatic rings. The van der Waals surface area contributed by atoms with Crippen LogP contribution >= 0.6 is 11.8 Å². The van der Waals surface area contributed by atoms with Gasteiger partial charge in [0.05, 0.1) is 6.61 Å². The number of hydrogen-bond acceptors (Lipinski definition) is 3. The summed E-state index contributed by atoms with van der Waals surface area (Å²) in [7, 11) is 0. The second kappa shape index (κ2) is 7.25. The third-order valence-corrected chi connectivity index (χ3v) is 3.92. The number of benzene rings is 2. The maximum absolute atomic E-state index is 9.38. The first-order chi connectivity index (χ1) is 9.63. The molecule has 0 fully saturated rings. The fourth-order valence-electron chi connectivity index (χ4n) is 2.03. The van der Waals surface area contributed by atoms with Crippen molar-refractivity contribution in [1.29, 1.82) is 0 Å². The smallest absolute Gasteiger partial charge is 0.119 e. The molecule has 0 amide bonds. The first-order valence-electron chi connectivity index (χ1n) is 6.76. The standard InChI is InChI=1S/C17H20O2S/c1-13-9-14(2)11-16(10-13)19-7-4-8-20-17-6-3-5-15(18)12-17/h3,5-6,9-12,18H,4,7-8H2,1-2H3. The van der Waals surface area contributed by atoms with Crippen LogP contribution in [-0.2, 0) is 0 Å². The summed E-state index contributed by atoms with van der Waals surface area (Å²) in [6.45, 7) is 4.88. The average Bonchev–Trinajstić information content (AvgIpc) is 2.37. The summed E-state index contributed by atoms with van der Waals surface area (Å²) in [4.78, 5) is 1.09. The summed E-state index contributed by atoms with van der Waals surface area (Å²) in [6, 6.07) is 13.6. The van der Waals surface area contributed by atoms with E-state index in [9.17, 15) is 5.11 Å². The lowest BCUT2D eigenvalue weighted by molar-refractivity contribution is 0.318. The van der Waals surface area contributed by atoms with E-state index < -0.39 is 0 Å². The fraction of sp³-hybridized carbons (Fsp3) is 0.294. The van der Waals surface area contributed by atoms with Gasteiger partial charge in [0.2, 0.25) is 0 Å². The van der Waals surface area contributed by atoms with E-state index in [1.165, 1.54) is 11.1 Å². The van der Waals surface area contributed by atoms with E-state index in [4.69, 9.17) is 4.74 Å². The van der Waals surface area contributed by atoms with Crippen LogP contribution < -0.4 is 4.74 Å². The highest BCUT2D eigenvalue weighted by molar-refractivity contribution is 7.99. The Morgan fingerprint density at radius 2 is 1.80 bits per heavy atom. The molecule has 2 rings (SSSR count). The molecule has 0 saturated carbocycles. The molecule has 20 heavy (non-hydrogen) atoms. The molecule has 0 spiro atoms. The van der Waals surface area contributed by atoms with Gasteiger partial charge in [0.1, 0.15) is 11.5 Å². The van der Waals surface area contributed by atoms with E-state index in [-0.39, 0.29) is 0 Å². The minimum absolute atomic E-state index is 0.321. The van der Waals surface area contributed by atoms with E-state index in [1.54, 1.807) is 23.9 Å². The first kappa shape index (κ1) is 14.8. The van der Waals surface area contributed by atoms with Gasteiger partial charge in [0.15, 0.2) is 0 Å². The Bertz CT molecular complexity index is 546. The Balaban J connectivity index is 1.71. The molecule has 0 radical (unpaired) electrons. The molecular formula is C17H20O2S. The Morgan fingerprint density at radius 3 is 2.50 bits per heavy atom. The maximum atomic E-state index is 9.38. The van der Waals surface area contributed by atoms with Gasteiger partial charge in [0, 0.05) is 10.6 Å². The number of rotatable bonds is 6. The molecule has 0 heterocycles. The quantitative estimate of drug-likeness (QED) is 0.623. The van der Waals surface area contributed by atoms with Crippen molar-refractivity contribution in [2.45, 2.75) is 25.2 Å². The van der Waals surface area contributed by atoms with Crippen LogP contribution in [0.3, 0.4) is 0 Å². The zero-order valence-corrected chi connectivity index (χ0v) is 12.7. The highest BCUT2D eigenvalue weighted by Crippen LogP contribution is 2.23. The maximum Gasteiger partial charge on any atom is 0.119 e. The van der Waals surface area contributed by atoms with Crippen LogP contribution in [-0.4, -0.2) is 17.5 Å². The molecule has 2 aromatic carbocycles. The molecular weight excluding hydrogens is 268 g/mol. The Morgan fingerprint density at radius 1 is 1.05 bits per heavy atom. The van der Waals surface area contributed by atoms with Crippen LogP contribution in [0.15, 0.2) is 47.4 Å². The third-order valence-electron chi connectivity index (χ3n) is 2.84. The average molecular weight is 288 g/mol. The van der Waals surface area contributed by atoms with Crippen molar-refractivity contribution in [2.75, 3.05) is 12.4 Å². The summed E-state index contributed by atoms with van der Waals surface area (Å²) in [6.07, 6.45) is 0.979. The molecule has 3 heteroatoms. The number of aryl methyl sites for hydroxylation is 2. The first-order valence-corrected chi connectivity index (χ1v) is 7.75. The van der Waals surface area contributed by atoms with E-state index in [0.29, 0.717) is 12.4 Å². The van der Waals surface area contributed by atoms with Crippen molar-refractivity contribution in [1.82, 2.24) is 0 Å². The Hall–Kier alpha value is -1.61. The van der Waals surface area contributed by atoms with Gasteiger partial charge in [-0.05, 0) is 61.7 Å². The lowest BCUT2D eigenvalue weighted by atomic mass is 10.1. The molecule has 106 valence electrons. The Kier molecular flexibility index (Phi) is 5.36. The SMILES string of the molecule is Cc1cc(C)cc(OCCCSc2cccc(O)c2)c1. The normalized spacial score (nSPS) is 10.5. The summed E-state index contributed by atoms with van der Waals surface area (Å²) >= 11 is 1.74. The second-order valence-electron chi connectivity index (χ2n) is 4.87. The van der Waals surface area contributed by atoms with Crippen molar-refractivity contribution in [3.8, 4) is 11.5 Å². The number of phenolic OH excluding ortho intramolecular Hbond substituents is 1. The van der Waals surface area contributed by atoms with Gasteiger partial charge in [-0.15, -0.1) is 11.8 Å². The summed E-state index contributed by atoms with van der Waals surface area (Å²) in [5.41, 5.74) is 2.46. The minimum atomic E-state index is 0.321. The van der Waals surface area contributed by atoms with Crippen LogP contribution in [0.25, 0.3) is 0 Å². The zero-order chi connectivity index (χ0) is 14.4. The van der Waals surface area contributed by atoms with Crippen molar-refractivity contribution in [3.05, 3.63) is 53.6 Å². The fourth-order valence-corrected chi connectivity index (χ4v) is 2.91. The summed E-state index contributed by atoms with van der Waals surface area (Å²) in [5.74, 6) is 2.25. The highest BCUT2D eigenvalue weighted by Gasteiger charge is 1.98. The molecule has 0 atom stereocenters. The molecule has 0 unspecified atom stereocenters. The van der Waals surface area contributed by atoms with E-state index in [2.05, 4.69) is 32.0 Å². The molecule has 0 aliphatic rings. The van der Waals surface area contributed by atoms with Crippen LogP contribution in [0.5, 0.6) is 11.5 Å². The van der Waals surface area contributed by atoms with Gasteiger partial charge < -0.3 is 9.84 Å². The highest BCUT2D eigenvalue weighted by atomic mass is 32.2. The van der Waals surface area contributed by atoms with Crippen molar-refractivity contribution < 1.29 is 9.84 Å². The van der Waals surface area contributed by atoms with Crippen LogP contribution in [0.2, 0.25) is 0 Å². The molecule has 0 aliphatic heterocycles. The largest absolute Gasteiger partial charge is 0.508 e. The number of hydrogen-bond donors (Lipinski definition) is 1. The predicted octanol–water partition coefficient (Wildman–Crippen LogP) is 4.57. The van der Waals surface area contributed by atoms with Crippen molar-refractivity contribution in [2.24, 2.45) is 0 Å². The number of aromatic hydroxyl groups is 1. The topological polar surface area (TPSA) is 29.5 Å². The molecule has 2 nitrogen and oxygen atoms in total. The van der Waals surface area contributed by atoms with E-state index >= 15 is 0 Å². The zero-order valence-electron chi connectivity index (χ0n) is 11.9. The summed E-state index contributed by atoms with van der Waals surface area (Å²) in [5, 5.41) is 9.38. The molecule has 0 saturated heterocycles. The van der Waals surface area contributed by atoms with E-state index in [1.807, 2.05) is 12.1 Å². The summed E-state index contributed by atoms with van der Waals surface area (Å²) < 4.78 is 5.77. The van der Waals surface area contributed by atoms with Crippen LogP contribution in [0, 0.1) is 13.8 Å². The third kappa shape index (κ3) is 4.82. The number of ether oxygens (including phenoxy) is 1. The van der Waals surface area contributed by atoms with Gasteiger partial charge in [-0.2, -0.15) is 0 Å². The van der Waals surface area contributed by atoms with E-state index in [0.717, 1.165) is 22.8 Å². The minimum Gasteiger partial charge on any atom is -0.508 e. The van der Waals surface area contributed by atoms with Crippen LogP contribution in [0.4, 0.5) is 0 Å². The van der Waals surface area contributed by atoms with Crippen molar-refractivity contribution in [3.63, 3.8) is 0 Å². The number of thioether (sulfide) groups is 1. The molecule has 1 N–H and O–H groups in total. The monoisotopic (exact) mass is 288 g/mol. The number of phenols is 1. The lowest BCUT2D eigenvalue weighted by Gasteiger charge is -2.08. The van der Waals surface area contributed by atoms with Gasteiger partial charge >= 0.3 is 0 Å². The van der Waals surface area contributed by atoms with Gasteiger partial charge in [-0.3, -0.25) is 0 Å². The Labute approximate surface area is 124 Å². The van der Waals surface area contributed by atoms with Gasteiger partial charge in [0.25, 0.3) is 0 Å². The van der Waals surface area contributed by atoms with Crippen LogP contribution in [0.1, 0.15) is 17.5 Å². The van der Waals surface area contributed by atoms with Crippen molar-refractivity contribution >= 4 is 11.8 Å². The second-order valence-corrected chi connectivity index (χ2v) is 6.04. The molecule has 0 aromatic heterocycles. The van der Waals surface area contributed by atoms with Gasteiger partial charge in [-0.1, -0.05) is 12.1 Å². The molecule has 0 aliphatic carbocycles. The molecule has 0 bridgehead atoms. The lowest BCUT2D eigenvalue weighted by Crippen LogP contribution is -1.99. The van der Waals surface area contributed by atoms with Gasteiger partial charge in [-0.25, -0.2) is 0 Å². The predicted molar refractivity (Wildman–Crippen MR) is 84.9 cm³/mol.